The molecule has 0 spiro atoms. The van der Waals surface area contributed by atoms with Crippen LogP contribution in [0.4, 0.5) is 11.4 Å². The third-order valence-electron chi connectivity index (χ3n) is 6.45. The Morgan fingerprint density at radius 1 is 0.581 bits per heavy atom. The zero-order valence-corrected chi connectivity index (χ0v) is 16.8. The fourth-order valence-electron chi connectivity index (χ4n) is 5.18. The minimum atomic E-state index is 0.0264. The van der Waals surface area contributed by atoms with Gasteiger partial charge in [-0.15, -0.1) is 0 Å². The summed E-state index contributed by atoms with van der Waals surface area (Å²) < 4.78 is 2.34. The monoisotopic (exact) mass is 395 g/mol. The minimum absolute atomic E-state index is 0.0264. The summed E-state index contributed by atoms with van der Waals surface area (Å²) in [6.07, 6.45) is 2.02. The first-order valence-corrected chi connectivity index (χ1v) is 10.6. The number of benzene rings is 4. The quantitative estimate of drug-likeness (QED) is 0.381. The fraction of sp³-hybridized carbons (Fsp3) is 0. The van der Waals surface area contributed by atoms with Crippen molar-refractivity contribution in [3.63, 3.8) is 0 Å². The molecular formula is C27H18BN3. The Labute approximate surface area is 181 Å². The van der Waals surface area contributed by atoms with Crippen molar-refractivity contribution in [2.24, 2.45) is 0 Å². The predicted molar refractivity (Wildman–Crippen MR) is 128 cm³/mol. The highest BCUT2D eigenvalue weighted by Gasteiger charge is 2.44. The number of nitrogens with zero attached hydrogens (tertiary/aromatic N) is 3. The van der Waals surface area contributed by atoms with Crippen molar-refractivity contribution in [1.82, 2.24) is 9.55 Å². The number of fused-ring (bicyclic) bond motifs is 11. The molecule has 0 bridgehead atoms. The number of imidazole rings is 1. The topological polar surface area (TPSA) is 21.1 Å². The molecule has 0 atom stereocenters. The molecule has 0 aliphatic carbocycles. The molecule has 0 N–H and O–H groups in total. The number of rotatable bonds is 1. The van der Waals surface area contributed by atoms with Crippen LogP contribution in [0, 0.1) is 0 Å². The van der Waals surface area contributed by atoms with Gasteiger partial charge in [-0.05, 0) is 29.2 Å². The van der Waals surface area contributed by atoms with E-state index in [1.54, 1.807) is 0 Å². The molecule has 0 amide bonds. The van der Waals surface area contributed by atoms with E-state index in [1.807, 2.05) is 6.20 Å². The van der Waals surface area contributed by atoms with Crippen molar-refractivity contribution in [1.29, 1.82) is 0 Å². The summed E-state index contributed by atoms with van der Waals surface area (Å²) in [6, 6.07) is 36.7. The van der Waals surface area contributed by atoms with Gasteiger partial charge in [0.05, 0.1) is 23.3 Å². The molecule has 4 aromatic carbocycles. The second-order valence-corrected chi connectivity index (χ2v) is 8.07. The van der Waals surface area contributed by atoms with Crippen LogP contribution in [0.5, 0.6) is 0 Å². The molecule has 0 fully saturated rings. The van der Waals surface area contributed by atoms with Gasteiger partial charge in [0.2, 0.25) is 0 Å². The summed E-state index contributed by atoms with van der Waals surface area (Å²) in [6.45, 7) is 0.0264. The Morgan fingerprint density at radius 3 is 2.06 bits per heavy atom. The maximum absolute atomic E-state index is 5.01. The average Bonchev–Trinajstić information content (AvgIpc) is 3.30. The van der Waals surface area contributed by atoms with E-state index in [9.17, 15) is 0 Å². The first-order valence-electron chi connectivity index (χ1n) is 10.6. The number of anilines is 2. The Morgan fingerprint density at radius 2 is 1.23 bits per heavy atom. The van der Waals surface area contributed by atoms with Gasteiger partial charge < -0.3 is 4.81 Å². The van der Waals surface area contributed by atoms with Crippen molar-refractivity contribution in [2.45, 2.75) is 0 Å². The summed E-state index contributed by atoms with van der Waals surface area (Å²) in [4.78, 5) is 7.47. The predicted octanol–water partition coefficient (Wildman–Crippen LogP) is 4.78. The van der Waals surface area contributed by atoms with Crippen LogP contribution in [0.15, 0.2) is 109 Å². The third-order valence-corrected chi connectivity index (χ3v) is 6.45. The summed E-state index contributed by atoms with van der Waals surface area (Å²) in [5, 5.41) is 0. The summed E-state index contributed by atoms with van der Waals surface area (Å²) in [5.74, 6) is 0. The van der Waals surface area contributed by atoms with E-state index in [0.29, 0.717) is 0 Å². The van der Waals surface area contributed by atoms with Crippen LogP contribution >= 0.6 is 0 Å². The van der Waals surface area contributed by atoms with Gasteiger partial charge in [-0.3, -0.25) is 4.57 Å². The molecule has 0 unspecified atom stereocenters. The van der Waals surface area contributed by atoms with Crippen LogP contribution in [-0.2, 0) is 0 Å². The molecule has 2 aliphatic rings. The molecule has 1 aromatic heterocycles. The van der Waals surface area contributed by atoms with Gasteiger partial charge in [-0.2, -0.15) is 0 Å². The lowest BCUT2D eigenvalue weighted by Gasteiger charge is -2.42. The summed E-state index contributed by atoms with van der Waals surface area (Å²) in [5.41, 5.74) is 10.8. The number of hydrogen-bond acceptors (Lipinski definition) is 2. The average molecular weight is 395 g/mol. The van der Waals surface area contributed by atoms with Gasteiger partial charge in [0.25, 0.3) is 0 Å². The van der Waals surface area contributed by atoms with Crippen LogP contribution in [0.1, 0.15) is 0 Å². The zero-order valence-electron chi connectivity index (χ0n) is 16.8. The highest BCUT2D eigenvalue weighted by atomic mass is 15.2. The largest absolute Gasteiger partial charge is 0.372 e. The van der Waals surface area contributed by atoms with Gasteiger partial charge >= 0.3 is 6.85 Å². The van der Waals surface area contributed by atoms with E-state index in [2.05, 4.69) is 113 Å². The molecule has 7 rings (SSSR count). The maximum atomic E-state index is 5.01. The van der Waals surface area contributed by atoms with Crippen molar-refractivity contribution in [3.8, 4) is 28.1 Å². The molecule has 0 saturated carbocycles. The van der Waals surface area contributed by atoms with E-state index in [1.165, 1.54) is 39.2 Å². The SMILES string of the molecule is c1ccc(-c2cnc3n2-c2ccccc2N2B3c3ccccc3-c3ccccc32)cc1. The van der Waals surface area contributed by atoms with Gasteiger partial charge in [-0.25, -0.2) is 4.98 Å². The van der Waals surface area contributed by atoms with E-state index in [4.69, 9.17) is 4.98 Å². The molecule has 0 radical (unpaired) electrons. The number of para-hydroxylation sites is 3. The maximum Gasteiger partial charge on any atom is 0.371 e. The Bertz CT molecular complexity index is 1450. The van der Waals surface area contributed by atoms with Crippen LogP contribution < -0.4 is 16.0 Å². The Kier molecular flexibility index (Phi) is 3.36. The lowest BCUT2D eigenvalue weighted by molar-refractivity contribution is 1.07. The molecule has 2 aliphatic heterocycles. The van der Waals surface area contributed by atoms with Crippen LogP contribution in [-0.4, -0.2) is 16.4 Å². The van der Waals surface area contributed by atoms with Gasteiger partial charge in [0.1, 0.15) is 5.72 Å². The molecule has 3 heterocycles. The molecule has 144 valence electrons. The number of aromatic nitrogens is 2. The van der Waals surface area contributed by atoms with Crippen molar-refractivity contribution < 1.29 is 0 Å². The second kappa shape index (κ2) is 6.23. The van der Waals surface area contributed by atoms with Crippen LogP contribution in [0.2, 0.25) is 0 Å². The molecule has 5 aromatic rings. The Balaban J connectivity index is 1.59. The molecule has 0 saturated heterocycles. The summed E-state index contributed by atoms with van der Waals surface area (Å²) >= 11 is 0. The molecular weight excluding hydrogens is 377 g/mol. The van der Waals surface area contributed by atoms with Gasteiger partial charge in [-0.1, -0.05) is 84.9 Å². The van der Waals surface area contributed by atoms with E-state index < -0.39 is 0 Å². The Hall–Kier alpha value is -4.05. The first-order chi connectivity index (χ1) is 15.4. The highest BCUT2D eigenvalue weighted by molar-refractivity contribution is 6.90. The third kappa shape index (κ3) is 2.22. The lowest BCUT2D eigenvalue weighted by atomic mass is 9.48. The second-order valence-electron chi connectivity index (χ2n) is 8.07. The fourth-order valence-corrected chi connectivity index (χ4v) is 5.18. The smallest absolute Gasteiger partial charge is 0.371 e. The molecule has 31 heavy (non-hydrogen) atoms. The van der Waals surface area contributed by atoms with Gasteiger partial charge in [0.15, 0.2) is 0 Å². The summed E-state index contributed by atoms with van der Waals surface area (Å²) in [7, 11) is 0. The van der Waals surface area contributed by atoms with Crippen molar-refractivity contribution >= 4 is 29.4 Å². The molecule has 4 heteroatoms. The minimum Gasteiger partial charge on any atom is -0.372 e. The standard InChI is InChI=1S/C27H18BN3/c1-2-10-19(11-3-1)26-18-29-27-28-22-14-6-4-12-20(22)21-13-5-7-15-23(21)31(28)25-17-9-8-16-24(25)30(26)27/h1-18H. The van der Waals surface area contributed by atoms with Gasteiger partial charge in [0, 0.05) is 16.8 Å². The molecule has 3 nitrogen and oxygen atoms in total. The highest BCUT2D eigenvalue weighted by Crippen LogP contribution is 2.43. The normalized spacial score (nSPS) is 13.0. The van der Waals surface area contributed by atoms with Crippen molar-refractivity contribution in [3.05, 3.63) is 109 Å². The number of hydrogen-bond donors (Lipinski definition) is 0. The van der Waals surface area contributed by atoms with E-state index in [-0.39, 0.29) is 6.85 Å². The van der Waals surface area contributed by atoms with E-state index >= 15 is 0 Å². The van der Waals surface area contributed by atoms with E-state index in [0.717, 1.165) is 11.4 Å². The first kappa shape index (κ1) is 16.7. The lowest BCUT2D eigenvalue weighted by Crippen LogP contribution is -2.62. The van der Waals surface area contributed by atoms with Crippen LogP contribution in [0.25, 0.3) is 28.1 Å². The zero-order chi connectivity index (χ0) is 20.4. The van der Waals surface area contributed by atoms with Crippen molar-refractivity contribution in [2.75, 3.05) is 4.81 Å². The van der Waals surface area contributed by atoms with Crippen LogP contribution in [0.3, 0.4) is 0 Å².